The maximum Gasteiger partial charge on any atom is 0.311 e. The second-order valence-electron chi connectivity index (χ2n) is 3.50. The number of aromatic nitrogens is 2. The van der Waals surface area contributed by atoms with Gasteiger partial charge >= 0.3 is 5.97 Å². The number of rotatable bonds is 2. The number of hydrogen-bond donors (Lipinski definition) is 2. The minimum Gasteiger partial charge on any atom is -0.481 e. The van der Waals surface area contributed by atoms with E-state index in [1.54, 1.807) is 5.01 Å². The van der Waals surface area contributed by atoms with Crippen molar-refractivity contribution in [3.8, 4) is 0 Å². The summed E-state index contributed by atoms with van der Waals surface area (Å²) >= 11 is 0. The van der Waals surface area contributed by atoms with Gasteiger partial charge in [0.05, 0.1) is 0 Å². The summed E-state index contributed by atoms with van der Waals surface area (Å²) in [6.45, 7) is 0.619. The van der Waals surface area contributed by atoms with Crippen molar-refractivity contribution in [3.05, 3.63) is 11.8 Å². The Morgan fingerprint density at radius 2 is 2.53 bits per heavy atom. The molecule has 1 atom stereocenters. The van der Waals surface area contributed by atoms with Crippen LogP contribution in [0.15, 0.2) is 10.7 Å². The summed E-state index contributed by atoms with van der Waals surface area (Å²) in [6.07, 6.45) is 3.79. The van der Waals surface area contributed by atoms with Crippen LogP contribution in [-0.2, 0) is 4.79 Å². The molecule has 1 aromatic heterocycles. The lowest BCUT2D eigenvalue weighted by molar-refractivity contribution is -0.766. The maximum absolute atomic E-state index is 11.0. The van der Waals surface area contributed by atoms with E-state index in [1.807, 2.05) is 0 Å². The van der Waals surface area contributed by atoms with Crippen LogP contribution < -0.4 is 20.6 Å². The fourth-order valence-electron chi connectivity index (χ4n) is 1.77. The molecule has 1 aliphatic rings. The molecule has 1 saturated heterocycles. The van der Waals surface area contributed by atoms with Crippen molar-refractivity contribution >= 4 is 5.97 Å². The largest absolute Gasteiger partial charge is 0.481 e. The van der Waals surface area contributed by atoms with Gasteiger partial charge < -0.3 is 9.63 Å². The Labute approximate surface area is 85.3 Å². The maximum atomic E-state index is 11.0. The number of nitrogens with one attached hydrogen (secondary N) is 1. The van der Waals surface area contributed by atoms with E-state index in [2.05, 4.69) is 9.79 Å². The van der Waals surface area contributed by atoms with Crippen LogP contribution in [0.4, 0.5) is 0 Å². The zero-order chi connectivity index (χ0) is 10.8. The fourth-order valence-corrected chi connectivity index (χ4v) is 1.77. The summed E-state index contributed by atoms with van der Waals surface area (Å²) < 4.78 is 4.59. The first kappa shape index (κ1) is 9.75. The Morgan fingerprint density at radius 3 is 3.13 bits per heavy atom. The topological polar surface area (TPSA) is 95.5 Å². The lowest BCUT2D eigenvalue weighted by Crippen LogP contribution is -2.67. The van der Waals surface area contributed by atoms with Gasteiger partial charge in [-0.2, -0.15) is 0 Å². The predicted molar refractivity (Wildman–Crippen MR) is 46.4 cm³/mol. The second-order valence-corrected chi connectivity index (χ2v) is 3.50. The van der Waals surface area contributed by atoms with E-state index in [-0.39, 0.29) is 5.55 Å². The number of carboxylic acids is 1. The number of carboxylic acid groups (broad SMARTS) is 1. The van der Waals surface area contributed by atoms with Crippen molar-refractivity contribution in [2.24, 2.45) is 0 Å². The van der Waals surface area contributed by atoms with Crippen molar-refractivity contribution < 1.29 is 19.2 Å². The molecule has 1 aliphatic heterocycles. The van der Waals surface area contributed by atoms with Crippen LogP contribution in [0.2, 0.25) is 0 Å². The van der Waals surface area contributed by atoms with E-state index in [0.717, 1.165) is 12.8 Å². The lowest BCUT2D eigenvalue weighted by atomic mass is 10.0. The van der Waals surface area contributed by atoms with Gasteiger partial charge in [-0.1, -0.05) is 11.2 Å². The molecule has 7 nitrogen and oxygen atoms in total. The molecule has 15 heavy (non-hydrogen) atoms. The van der Waals surface area contributed by atoms with Gasteiger partial charge in [0.1, 0.15) is 6.04 Å². The normalized spacial score (nSPS) is 21.6. The van der Waals surface area contributed by atoms with Crippen LogP contribution in [0.1, 0.15) is 19.3 Å². The van der Waals surface area contributed by atoms with Crippen molar-refractivity contribution in [2.75, 3.05) is 11.6 Å². The molecular formula is C8H12N4O3. The predicted octanol–water partition coefficient (Wildman–Crippen LogP) is -1.42. The Bertz CT molecular complexity index is 410. The first-order valence-electron chi connectivity index (χ1n) is 4.78. The molecule has 2 rings (SSSR count). The van der Waals surface area contributed by atoms with Gasteiger partial charge in [-0.25, -0.2) is 0 Å². The highest BCUT2D eigenvalue weighted by Crippen LogP contribution is 2.12. The highest BCUT2D eigenvalue weighted by Gasteiger charge is 2.28. The average molecular weight is 212 g/mol. The molecular weight excluding hydrogens is 200 g/mol. The zero-order valence-electron chi connectivity index (χ0n) is 8.09. The highest BCUT2D eigenvalue weighted by atomic mass is 16.5. The van der Waals surface area contributed by atoms with Crippen LogP contribution in [0, 0.1) is 5.41 Å². The number of hydrogen-bond acceptors (Lipinski definition) is 4. The molecule has 0 bridgehead atoms. The average Bonchev–Trinajstić information content (AvgIpc) is 2.65. The molecule has 2 N–H and O–H groups in total. The van der Waals surface area contributed by atoms with Gasteiger partial charge in [0, 0.05) is 6.54 Å². The molecule has 0 radical (unpaired) electrons. The minimum atomic E-state index is -0.864. The molecule has 0 saturated carbocycles. The molecule has 82 valence electrons. The summed E-state index contributed by atoms with van der Waals surface area (Å²) in [5.74, 6) is -0.864. The quantitative estimate of drug-likeness (QED) is 0.586. The molecule has 1 unspecified atom stereocenters. The summed E-state index contributed by atoms with van der Waals surface area (Å²) in [5.41, 5.74) is -0.0790. The van der Waals surface area contributed by atoms with Crippen LogP contribution in [0.3, 0.4) is 0 Å². The third-order valence-electron chi connectivity index (χ3n) is 2.48. The molecule has 7 heteroatoms. The Hall–Kier alpha value is -1.79. The smallest absolute Gasteiger partial charge is 0.311 e. The third kappa shape index (κ3) is 1.85. The van der Waals surface area contributed by atoms with E-state index in [9.17, 15) is 4.79 Å². The Balaban J connectivity index is 2.25. The van der Waals surface area contributed by atoms with E-state index in [0.29, 0.717) is 13.0 Å². The summed E-state index contributed by atoms with van der Waals surface area (Å²) in [5, 5.41) is 21.4. The van der Waals surface area contributed by atoms with Crippen molar-refractivity contribution in [3.63, 3.8) is 0 Å². The zero-order valence-corrected chi connectivity index (χ0v) is 8.09. The van der Waals surface area contributed by atoms with Crippen LogP contribution in [0.25, 0.3) is 0 Å². The molecule has 0 spiro atoms. The van der Waals surface area contributed by atoms with E-state index >= 15 is 0 Å². The number of piperidine rings is 1. The van der Waals surface area contributed by atoms with Gasteiger partial charge in [0.2, 0.25) is 0 Å². The number of aliphatic carboxylic acids is 1. The summed E-state index contributed by atoms with van der Waals surface area (Å²) in [7, 11) is 0. The highest BCUT2D eigenvalue weighted by molar-refractivity contribution is 5.75. The van der Waals surface area contributed by atoms with E-state index < -0.39 is 12.0 Å². The first-order chi connectivity index (χ1) is 7.18. The Morgan fingerprint density at radius 1 is 1.73 bits per heavy atom. The standard InChI is InChI=1S/C8H12N4O3/c9-7-5-12(10-15-7)11-4-2-1-3-6(11)8(13)14/h5-6,9H,1-4H2,(H,13,14). The monoisotopic (exact) mass is 212 g/mol. The molecule has 0 aromatic carbocycles. The molecule has 1 aromatic rings. The molecule has 2 heterocycles. The van der Waals surface area contributed by atoms with Crippen molar-refractivity contribution in [1.82, 2.24) is 5.27 Å². The van der Waals surface area contributed by atoms with Gasteiger partial charge in [0.15, 0.2) is 0 Å². The number of carbonyl (C=O) groups is 1. The summed E-state index contributed by atoms with van der Waals surface area (Å²) in [6, 6.07) is -0.576. The van der Waals surface area contributed by atoms with Crippen molar-refractivity contribution in [2.45, 2.75) is 25.3 Å². The van der Waals surface area contributed by atoms with Gasteiger partial charge in [-0.3, -0.25) is 15.2 Å². The molecule has 0 aliphatic carbocycles. The van der Waals surface area contributed by atoms with Crippen LogP contribution in [0.5, 0.6) is 0 Å². The van der Waals surface area contributed by atoms with Gasteiger partial charge in [-0.15, -0.1) is 0 Å². The van der Waals surface area contributed by atoms with Crippen LogP contribution in [-0.4, -0.2) is 23.7 Å². The minimum absolute atomic E-state index is 0.0790. The third-order valence-corrected chi connectivity index (χ3v) is 2.48. The number of nitrogens with zero attached hydrogens (tertiary/aromatic N) is 3. The van der Waals surface area contributed by atoms with E-state index in [4.69, 9.17) is 10.5 Å². The summed E-state index contributed by atoms with van der Waals surface area (Å²) in [4.78, 5) is 12.3. The molecule has 1 fully saturated rings. The second kappa shape index (κ2) is 3.76. The van der Waals surface area contributed by atoms with Crippen molar-refractivity contribution in [1.29, 1.82) is 5.41 Å². The van der Waals surface area contributed by atoms with Crippen LogP contribution >= 0.6 is 0 Å². The van der Waals surface area contributed by atoms with Gasteiger partial charge in [0.25, 0.3) is 11.8 Å². The lowest BCUT2D eigenvalue weighted by Gasteiger charge is -2.33. The SMILES string of the molecule is N=c1c[n+](N2CCCCC2C(=O)O)[n-]o1. The Kier molecular flexibility index (Phi) is 2.44. The first-order valence-corrected chi connectivity index (χ1v) is 4.78. The van der Waals surface area contributed by atoms with E-state index in [1.165, 1.54) is 11.0 Å². The molecule has 0 amide bonds. The van der Waals surface area contributed by atoms with Gasteiger partial charge in [-0.05, 0) is 18.1 Å². The fraction of sp³-hybridized carbons (Fsp3) is 0.625.